The summed E-state index contributed by atoms with van der Waals surface area (Å²) in [6.07, 6.45) is 9.01. The number of carboxylic acids is 1. The lowest BCUT2D eigenvalue weighted by molar-refractivity contribution is -0.137. The van der Waals surface area contributed by atoms with Gasteiger partial charge in [-0.15, -0.1) is 0 Å². The second kappa shape index (κ2) is 6.78. The van der Waals surface area contributed by atoms with Crippen molar-refractivity contribution in [1.29, 1.82) is 0 Å². The number of carbonyl (C=O) groups excluding carboxylic acids is 1. The van der Waals surface area contributed by atoms with Crippen LogP contribution in [0.3, 0.4) is 0 Å². The van der Waals surface area contributed by atoms with Crippen LogP contribution in [-0.2, 0) is 28.9 Å². The Kier molecular flexibility index (Phi) is 4.47. The third-order valence-corrected chi connectivity index (χ3v) is 6.26. The van der Waals surface area contributed by atoms with Crippen molar-refractivity contribution in [3.05, 3.63) is 41.2 Å². The minimum absolute atomic E-state index is 0.0599. The van der Waals surface area contributed by atoms with Crippen LogP contribution in [0.2, 0.25) is 0 Å². The lowest BCUT2D eigenvalue weighted by Crippen LogP contribution is -2.43. The van der Waals surface area contributed by atoms with Gasteiger partial charge in [0.05, 0.1) is 6.42 Å². The third kappa shape index (κ3) is 2.89. The molecule has 2 heterocycles. The van der Waals surface area contributed by atoms with E-state index in [1.807, 2.05) is 36.3 Å². The normalized spacial score (nSPS) is 20.3. The van der Waals surface area contributed by atoms with Gasteiger partial charge in [0.25, 0.3) is 0 Å². The molecular formula is C21H26N2O3. The van der Waals surface area contributed by atoms with Crippen LogP contribution < -0.4 is 0 Å². The van der Waals surface area contributed by atoms with Crippen LogP contribution in [-0.4, -0.2) is 39.4 Å². The van der Waals surface area contributed by atoms with E-state index in [1.54, 1.807) is 0 Å². The highest BCUT2D eigenvalue weighted by Gasteiger charge is 2.33. The van der Waals surface area contributed by atoms with E-state index >= 15 is 0 Å². The van der Waals surface area contributed by atoms with Gasteiger partial charge in [0.1, 0.15) is 0 Å². The topological polar surface area (TPSA) is 62.0 Å². The molecule has 0 radical (unpaired) electrons. The Morgan fingerprint density at radius 3 is 2.73 bits per heavy atom. The number of hydrogen-bond donors (Lipinski definition) is 1. The Morgan fingerprint density at radius 1 is 1.23 bits per heavy atom. The Hall–Kier alpha value is -2.30. The summed E-state index contributed by atoms with van der Waals surface area (Å²) in [5.41, 5.74) is 4.29. The van der Waals surface area contributed by atoms with Gasteiger partial charge in [-0.1, -0.05) is 18.9 Å². The summed E-state index contributed by atoms with van der Waals surface area (Å²) >= 11 is 0. The molecule has 0 spiro atoms. The van der Waals surface area contributed by atoms with Gasteiger partial charge >= 0.3 is 5.97 Å². The Bertz CT molecular complexity index is 848. The second-order valence-corrected chi connectivity index (χ2v) is 7.76. The monoisotopic (exact) mass is 354 g/mol. The summed E-state index contributed by atoms with van der Waals surface area (Å²) in [6.45, 7) is 0. The number of fused-ring (bicyclic) bond motifs is 3. The molecule has 5 nitrogen and oxygen atoms in total. The number of hydrogen-bond acceptors (Lipinski definition) is 2. The van der Waals surface area contributed by atoms with E-state index < -0.39 is 5.97 Å². The first kappa shape index (κ1) is 17.1. The van der Waals surface area contributed by atoms with Crippen LogP contribution >= 0.6 is 0 Å². The molecule has 0 bridgehead atoms. The van der Waals surface area contributed by atoms with Gasteiger partial charge in [-0.3, -0.25) is 9.59 Å². The minimum atomic E-state index is -0.792. The maximum absolute atomic E-state index is 12.8. The molecule has 0 unspecified atom stereocenters. The van der Waals surface area contributed by atoms with Gasteiger partial charge in [-0.05, 0) is 48.9 Å². The molecule has 1 amide bonds. The van der Waals surface area contributed by atoms with Crippen molar-refractivity contribution in [2.75, 3.05) is 7.05 Å². The van der Waals surface area contributed by atoms with Crippen molar-refractivity contribution >= 4 is 17.4 Å². The molecule has 0 aromatic carbocycles. The zero-order valence-corrected chi connectivity index (χ0v) is 15.3. The third-order valence-electron chi connectivity index (χ3n) is 6.26. The maximum atomic E-state index is 12.8. The second-order valence-electron chi connectivity index (χ2n) is 7.76. The van der Waals surface area contributed by atoms with E-state index in [0.717, 1.165) is 43.2 Å². The smallest absolute Gasteiger partial charge is 0.307 e. The summed E-state index contributed by atoms with van der Waals surface area (Å²) in [4.78, 5) is 26.1. The molecule has 2 aromatic heterocycles. The molecule has 1 fully saturated rings. The molecule has 1 N–H and O–H groups in total. The number of carbonyl (C=O) groups is 2. The van der Waals surface area contributed by atoms with E-state index in [9.17, 15) is 14.7 Å². The fraction of sp³-hybridized carbons (Fsp3) is 0.524. The molecule has 1 atom stereocenters. The lowest BCUT2D eigenvalue weighted by Gasteiger charge is -2.33. The number of nitrogens with zero attached hydrogens (tertiary/aromatic N) is 2. The first-order valence-corrected chi connectivity index (χ1v) is 9.64. The van der Waals surface area contributed by atoms with Crippen molar-refractivity contribution in [2.45, 2.75) is 57.4 Å². The van der Waals surface area contributed by atoms with E-state index in [-0.39, 0.29) is 18.4 Å². The van der Waals surface area contributed by atoms with Crippen molar-refractivity contribution < 1.29 is 14.7 Å². The van der Waals surface area contributed by atoms with Crippen molar-refractivity contribution in [3.63, 3.8) is 0 Å². The average Bonchev–Trinajstić information content (AvgIpc) is 3.28. The van der Waals surface area contributed by atoms with E-state index in [4.69, 9.17) is 0 Å². The molecular weight excluding hydrogens is 328 g/mol. The first-order chi connectivity index (χ1) is 12.6. The molecule has 1 saturated carbocycles. The van der Waals surface area contributed by atoms with Crippen LogP contribution in [0.15, 0.2) is 24.4 Å². The van der Waals surface area contributed by atoms with Gasteiger partial charge in [0, 0.05) is 42.8 Å². The van der Waals surface area contributed by atoms with Gasteiger partial charge in [0.2, 0.25) is 5.91 Å². The summed E-state index contributed by atoms with van der Waals surface area (Å²) in [5, 5.41) is 9.32. The van der Waals surface area contributed by atoms with Crippen LogP contribution in [0, 0.1) is 5.92 Å². The summed E-state index contributed by atoms with van der Waals surface area (Å²) < 4.78 is 2.13. The molecule has 2 aliphatic carbocycles. The zero-order valence-electron chi connectivity index (χ0n) is 15.3. The number of pyridine rings is 1. The Morgan fingerprint density at radius 2 is 2.00 bits per heavy atom. The molecule has 2 aromatic rings. The maximum Gasteiger partial charge on any atom is 0.307 e. The summed E-state index contributed by atoms with van der Waals surface area (Å²) in [6, 6.07) is 6.14. The first-order valence-electron chi connectivity index (χ1n) is 9.64. The van der Waals surface area contributed by atoms with Crippen LogP contribution in [0.5, 0.6) is 0 Å². The molecule has 0 aliphatic heterocycles. The average molecular weight is 354 g/mol. The quantitative estimate of drug-likeness (QED) is 0.918. The van der Waals surface area contributed by atoms with Crippen molar-refractivity contribution in [1.82, 2.24) is 9.30 Å². The standard InChI is InChI=1S/C21H26N2O3/c1-22(21(26)14-6-2-3-7-14)15-9-10-16-17(13-20(24)25)18-8-4-5-11-23(18)19(16)12-15/h4-5,8,11,14-15H,2-3,6-7,9-10,12-13H2,1H3,(H,24,25)/t15-/m1/s1. The molecule has 26 heavy (non-hydrogen) atoms. The largest absolute Gasteiger partial charge is 0.481 e. The minimum Gasteiger partial charge on any atom is -0.481 e. The van der Waals surface area contributed by atoms with Crippen molar-refractivity contribution in [3.8, 4) is 0 Å². The predicted molar refractivity (Wildman–Crippen MR) is 99.3 cm³/mol. The molecule has 0 saturated heterocycles. The van der Waals surface area contributed by atoms with Gasteiger partial charge in [0.15, 0.2) is 0 Å². The van der Waals surface area contributed by atoms with Gasteiger partial charge in [-0.2, -0.15) is 0 Å². The number of aromatic nitrogens is 1. The summed E-state index contributed by atoms with van der Waals surface area (Å²) in [7, 11) is 1.95. The van der Waals surface area contributed by atoms with E-state index in [0.29, 0.717) is 5.91 Å². The van der Waals surface area contributed by atoms with Crippen molar-refractivity contribution in [2.24, 2.45) is 5.92 Å². The highest BCUT2D eigenvalue weighted by atomic mass is 16.4. The zero-order chi connectivity index (χ0) is 18.3. The van der Waals surface area contributed by atoms with Gasteiger partial charge < -0.3 is 14.4 Å². The van der Waals surface area contributed by atoms with E-state index in [2.05, 4.69) is 4.40 Å². The fourth-order valence-corrected chi connectivity index (χ4v) is 4.87. The van der Waals surface area contributed by atoms with Crippen LogP contribution in [0.1, 0.15) is 48.9 Å². The molecule has 138 valence electrons. The summed E-state index contributed by atoms with van der Waals surface area (Å²) in [5.74, 6) is -0.296. The van der Waals surface area contributed by atoms with E-state index in [1.165, 1.54) is 24.1 Å². The Labute approximate surface area is 153 Å². The number of amides is 1. The van der Waals surface area contributed by atoms with Gasteiger partial charge in [-0.25, -0.2) is 0 Å². The molecule has 2 aliphatic rings. The molecule has 5 heteroatoms. The number of rotatable bonds is 4. The lowest BCUT2D eigenvalue weighted by atomic mass is 9.89. The van der Waals surface area contributed by atoms with Crippen LogP contribution in [0.25, 0.3) is 5.52 Å². The SMILES string of the molecule is CN(C(=O)C1CCCC1)[C@@H]1CCc2c(CC(=O)O)c3ccccn3c2C1. The Balaban J connectivity index is 1.64. The number of carboxylic acid groups (broad SMARTS) is 1. The highest BCUT2D eigenvalue weighted by Crippen LogP contribution is 2.34. The number of likely N-dealkylation sites (N-methyl/N-ethyl adjacent to an activating group) is 1. The molecule has 4 rings (SSSR count). The fourth-order valence-electron chi connectivity index (χ4n) is 4.87. The number of aliphatic carboxylic acids is 1. The van der Waals surface area contributed by atoms with Crippen LogP contribution in [0.4, 0.5) is 0 Å². The highest BCUT2D eigenvalue weighted by molar-refractivity contribution is 5.79. The predicted octanol–water partition coefficient (Wildman–Crippen LogP) is 3.07.